The van der Waals surface area contributed by atoms with Gasteiger partial charge in [-0.3, -0.25) is 4.79 Å². The minimum atomic E-state index is -0.432. The fourth-order valence-electron chi connectivity index (χ4n) is 3.74. The number of hydrogen-bond acceptors (Lipinski definition) is 5. The zero-order valence-electron chi connectivity index (χ0n) is 15.3. The monoisotopic (exact) mass is 349 g/mol. The Bertz CT molecular complexity index is 634. The van der Waals surface area contributed by atoms with Crippen LogP contribution in [-0.2, 0) is 16.0 Å². The quantitative estimate of drug-likeness (QED) is 0.816. The molecule has 2 fully saturated rings. The second-order valence-corrected chi connectivity index (χ2v) is 7.31. The molecule has 2 aliphatic rings. The highest BCUT2D eigenvalue weighted by atomic mass is 16.6. The molecular weight excluding hydrogens is 322 g/mol. The molecule has 3 rings (SSSR count). The number of carbonyl (C=O) groups excluding carboxylic acids is 2. The maximum Gasteiger partial charge on any atom is 0.410 e. The van der Waals surface area contributed by atoms with E-state index in [1.54, 1.807) is 6.07 Å². The first-order chi connectivity index (χ1) is 11.9. The number of amides is 2. The number of nitrogens with zero attached hydrogens (tertiary/aromatic N) is 3. The van der Waals surface area contributed by atoms with Gasteiger partial charge in [0.05, 0.1) is 18.7 Å². The molecular formula is C18H27N3O4. The van der Waals surface area contributed by atoms with Crippen LogP contribution in [0.15, 0.2) is 10.6 Å². The number of likely N-dealkylation sites (tertiary alicyclic amines) is 1. The standard InChI is InChI=1S/C18H27N3O4/c1-4-5-14(3)21-12-18(24-17(21)23)6-8-20(9-7-18)16(22)11-15-10-13(2)19-25-15/h10,14H,4-9,11-12H2,1-3H3/t14-/m1/s1. The van der Waals surface area contributed by atoms with Crippen LogP contribution in [-0.4, -0.2) is 58.2 Å². The molecule has 1 atom stereocenters. The van der Waals surface area contributed by atoms with E-state index in [1.165, 1.54) is 0 Å². The smallest absolute Gasteiger partial charge is 0.410 e. The fourth-order valence-corrected chi connectivity index (χ4v) is 3.74. The summed E-state index contributed by atoms with van der Waals surface area (Å²) in [6.45, 7) is 7.87. The van der Waals surface area contributed by atoms with E-state index in [1.807, 2.05) is 16.7 Å². The molecule has 2 amide bonds. The summed E-state index contributed by atoms with van der Waals surface area (Å²) < 4.78 is 10.9. The minimum Gasteiger partial charge on any atom is -0.441 e. The molecule has 0 N–H and O–H groups in total. The molecule has 1 aromatic rings. The lowest BCUT2D eigenvalue weighted by Crippen LogP contribution is -2.49. The predicted octanol–water partition coefficient (Wildman–Crippen LogP) is 2.53. The molecule has 2 saturated heterocycles. The summed E-state index contributed by atoms with van der Waals surface area (Å²) in [6.07, 6.45) is 3.42. The second kappa shape index (κ2) is 7.06. The molecule has 1 spiro atoms. The summed E-state index contributed by atoms with van der Waals surface area (Å²) in [5.41, 5.74) is 0.346. The first-order valence-corrected chi connectivity index (χ1v) is 9.12. The third-order valence-electron chi connectivity index (χ3n) is 5.26. The van der Waals surface area contributed by atoms with E-state index in [4.69, 9.17) is 9.26 Å². The van der Waals surface area contributed by atoms with Crippen molar-refractivity contribution in [3.63, 3.8) is 0 Å². The molecule has 0 aromatic carbocycles. The van der Waals surface area contributed by atoms with Crippen LogP contribution in [0.5, 0.6) is 0 Å². The van der Waals surface area contributed by atoms with Crippen molar-refractivity contribution in [1.29, 1.82) is 0 Å². The lowest BCUT2D eigenvalue weighted by Gasteiger charge is -2.37. The Morgan fingerprint density at radius 3 is 2.72 bits per heavy atom. The maximum atomic E-state index is 12.4. The summed E-state index contributed by atoms with van der Waals surface area (Å²) in [6, 6.07) is 1.99. The molecule has 2 aliphatic heterocycles. The van der Waals surface area contributed by atoms with Crippen LogP contribution in [0.3, 0.4) is 0 Å². The molecule has 7 nitrogen and oxygen atoms in total. The first-order valence-electron chi connectivity index (χ1n) is 9.12. The van der Waals surface area contributed by atoms with Gasteiger partial charge in [0.1, 0.15) is 11.4 Å². The lowest BCUT2D eigenvalue weighted by molar-refractivity contribution is -0.134. The highest BCUT2D eigenvalue weighted by molar-refractivity contribution is 5.78. The Morgan fingerprint density at radius 1 is 1.40 bits per heavy atom. The van der Waals surface area contributed by atoms with Gasteiger partial charge in [-0.15, -0.1) is 0 Å². The number of rotatable bonds is 5. The highest BCUT2D eigenvalue weighted by Crippen LogP contribution is 2.34. The number of hydrogen-bond donors (Lipinski definition) is 0. The molecule has 0 bridgehead atoms. The molecule has 1 aromatic heterocycles. The normalized spacial score (nSPS) is 20.8. The van der Waals surface area contributed by atoms with Gasteiger partial charge < -0.3 is 19.1 Å². The van der Waals surface area contributed by atoms with Crippen molar-refractivity contribution >= 4 is 12.0 Å². The topological polar surface area (TPSA) is 75.9 Å². The van der Waals surface area contributed by atoms with Gasteiger partial charge in [0.25, 0.3) is 0 Å². The Morgan fingerprint density at radius 2 is 2.12 bits per heavy atom. The van der Waals surface area contributed by atoms with Gasteiger partial charge in [0.15, 0.2) is 0 Å². The van der Waals surface area contributed by atoms with Gasteiger partial charge in [-0.25, -0.2) is 4.79 Å². The Labute approximate surface area is 148 Å². The number of piperidine rings is 1. The van der Waals surface area contributed by atoms with Crippen molar-refractivity contribution < 1.29 is 18.8 Å². The second-order valence-electron chi connectivity index (χ2n) is 7.31. The average molecular weight is 349 g/mol. The Kier molecular flexibility index (Phi) is 5.01. The molecule has 3 heterocycles. The van der Waals surface area contributed by atoms with Crippen LogP contribution in [0.25, 0.3) is 0 Å². The van der Waals surface area contributed by atoms with Crippen LogP contribution in [0.2, 0.25) is 0 Å². The van der Waals surface area contributed by atoms with Gasteiger partial charge in [-0.1, -0.05) is 18.5 Å². The van der Waals surface area contributed by atoms with Crippen LogP contribution in [0, 0.1) is 6.92 Å². The summed E-state index contributed by atoms with van der Waals surface area (Å²) in [5.74, 6) is 0.626. The molecule has 138 valence electrons. The minimum absolute atomic E-state index is 0.0338. The Hall–Kier alpha value is -2.05. The molecule has 7 heteroatoms. The van der Waals surface area contributed by atoms with Crippen LogP contribution < -0.4 is 0 Å². The van der Waals surface area contributed by atoms with Crippen LogP contribution >= 0.6 is 0 Å². The summed E-state index contributed by atoms with van der Waals surface area (Å²) in [4.78, 5) is 28.3. The van der Waals surface area contributed by atoms with E-state index in [9.17, 15) is 9.59 Å². The molecule has 25 heavy (non-hydrogen) atoms. The third kappa shape index (κ3) is 3.80. The number of ether oxygens (including phenoxy) is 1. The van der Waals surface area contributed by atoms with Crippen LogP contribution in [0.4, 0.5) is 4.79 Å². The molecule has 0 aliphatic carbocycles. The van der Waals surface area contributed by atoms with Gasteiger partial charge in [-0.2, -0.15) is 0 Å². The number of aryl methyl sites for hydroxylation is 1. The van der Waals surface area contributed by atoms with Gasteiger partial charge in [-0.05, 0) is 20.3 Å². The van der Waals surface area contributed by atoms with Crippen molar-refractivity contribution in [3.05, 3.63) is 17.5 Å². The zero-order valence-corrected chi connectivity index (χ0v) is 15.3. The SMILES string of the molecule is CCC[C@@H](C)N1CC2(CCN(C(=O)Cc3cc(C)no3)CC2)OC1=O. The first kappa shape index (κ1) is 17.8. The molecule has 0 unspecified atom stereocenters. The van der Waals surface area contributed by atoms with E-state index in [-0.39, 0.29) is 24.5 Å². The van der Waals surface area contributed by atoms with E-state index >= 15 is 0 Å². The van der Waals surface area contributed by atoms with E-state index in [0.717, 1.165) is 18.5 Å². The van der Waals surface area contributed by atoms with Gasteiger partial charge in [0.2, 0.25) is 5.91 Å². The van der Waals surface area contributed by atoms with Crippen molar-refractivity contribution in [2.24, 2.45) is 0 Å². The largest absolute Gasteiger partial charge is 0.441 e. The lowest BCUT2D eigenvalue weighted by atomic mass is 9.90. The average Bonchev–Trinajstić information content (AvgIpc) is 3.12. The maximum absolute atomic E-state index is 12.4. The predicted molar refractivity (Wildman–Crippen MR) is 91.0 cm³/mol. The van der Waals surface area contributed by atoms with Crippen LogP contribution in [0.1, 0.15) is 51.0 Å². The van der Waals surface area contributed by atoms with E-state index in [0.29, 0.717) is 38.2 Å². The fraction of sp³-hybridized carbons (Fsp3) is 0.722. The summed E-state index contributed by atoms with van der Waals surface area (Å²) in [7, 11) is 0. The number of carbonyl (C=O) groups is 2. The van der Waals surface area contributed by atoms with Gasteiger partial charge in [0, 0.05) is 38.0 Å². The summed E-state index contributed by atoms with van der Waals surface area (Å²) in [5, 5.41) is 3.81. The van der Waals surface area contributed by atoms with Crippen molar-refractivity contribution in [1.82, 2.24) is 15.0 Å². The van der Waals surface area contributed by atoms with Crippen molar-refractivity contribution in [3.8, 4) is 0 Å². The van der Waals surface area contributed by atoms with Crippen molar-refractivity contribution in [2.45, 2.75) is 64.5 Å². The third-order valence-corrected chi connectivity index (χ3v) is 5.26. The van der Waals surface area contributed by atoms with Crippen molar-refractivity contribution in [2.75, 3.05) is 19.6 Å². The highest BCUT2D eigenvalue weighted by Gasteiger charge is 2.48. The Balaban J connectivity index is 1.54. The molecule has 0 saturated carbocycles. The zero-order chi connectivity index (χ0) is 18.0. The van der Waals surface area contributed by atoms with E-state index < -0.39 is 5.60 Å². The number of aromatic nitrogens is 1. The molecule has 0 radical (unpaired) electrons. The van der Waals surface area contributed by atoms with E-state index in [2.05, 4.69) is 19.0 Å². The van der Waals surface area contributed by atoms with Gasteiger partial charge >= 0.3 is 6.09 Å². The summed E-state index contributed by atoms with van der Waals surface area (Å²) >= 11 is 0.